The number of likely N-dealkylation sites (tertiary alicyclic amines) is 1. The third-order valence-electron chi connectivity index (χ3n) is 6.78. The number of amides is 1. The van der Waals surface area contributed by atoms with Gasteiger partial charge in [0, 0.05) is 31.1 Å². The van der Waals surface area contributed by atoms with E-state index in [1.54, 1.807) is 11.2 Å². The summed E-state index contributed by atoms with van der Waals surface area (Å²) in [7, 11) is 0. The number of aromatic amines is 1. The summed E-state index contributed by atoms with van der Waals surface area (Å²) in [5.74, 6) is 1.86. The van der Waals surface area contributed by atoms with Gasteiger partial charge < -0.3 is 9.88 Å². The minimum absolute atomic E-state index is 0.100. The summed E-state index contributed by atoms with van der Waals surface area (Å²) in [6.07, 6.45) is 10.5. The first-order chi connectivity index (χ1) is 11.6. The summed E-state index contributed by atoms with van der Waals surface area (Å²) in [6, 6.07) is 0. The zero-order chi connectivity index (χ0) is 16.7. The van der Waals surface area contributed by atoms with Crippen LogP contribution < -0.4 is 0 Å². The zero-order valence-electron chi connectivity index (χ0n) is 14.4. The van der Waals surface area contributed by atoms with Gasteiger partial charge in [-0.25, -0.2) is 4.98 Å². The number of rotatable bonds is 4. The highest BCUT2D eigenvalue weighted by atomic mass is 16.2. The Morgan fingerprint density at radius 3 is 2.58 bits per heavy atom. The third kappa shape index (κ3) is 2.78. The molecule has 1 N–H and O–H groups in total. The van der Waals surface area contributed by atoms with Crippen LogP contribution in [-0.2, 0) is 9.59 Å². The van der Waals surface area contributed by atoms with Gasteiger partial charge in [-0.15, -0.1) is 0 Å². The first-order valence-electron chi connectivity index (χ1n) is 9.45. The molecule has 0 spiro atoms. The number of fused-ring (bicyclic) bond motifs is 2. The van der Waals surface area contributed by atoms with Crippen molar-refractivity contribution in [1.82, 2.24) is 14.9 Å². The SMILES string of the molecule is CC(C(=O)C(=O)N1CCC(c2c[nH]cn2)CC1)C1CC2CCC1C2. The van der Waals surface area contributed by atoms with Crippen molar-refractivity contribution in [2.75, 3.05) is 13.1 Å². The second-order valence-corrected chi connectivity index (χ2v) is 8.05. The summed E-state index contributed by atoms with van der Waals surface area (Å²) in [6.45, 7) is 3.33. The molecule has 2 heterocycles. The van der Waals surface area contributed by atoms with E-state index in [2.05, 4.69) is 9.97 Å². The second-order valence-electron chi connectivity index (χ2n) is 8.05. The van der Waals surface area contributed by atoms with Crippen molar-refractivity contribution in [1.29, 1.82) is 0 Å². The maximum atomic E-state index is 12.7. The number of piperidine rings is 1. The molecule has 5 nitrogen and oxygen atoms in total. The van der Waals surface area contributed by atoms with Crippen molar-refractivity contribution >= 4 is 11.7 Å². The average molecular weight is 329 g/mol. The molecule has 130 valence electrons. The van der Waals surface area contributed by atoms with Crippen LogP contribution in [0.3, 0.4) is 0 Å². The van der Waals surface area contributed by atoms with Crippen LogP contribution in [0.1, 0.15) is 57.1 Å². The molecule has 0 aromatic carbocycles. The van der Waals surface area contributed by atoms with E-state index in [9.17, 15) is 9.59 Å². The topological polar surface area (TPSA) is 66.1 Å². The molecule has 4 rings (SSSR count). The molecule has 4 unspecified atom stereocenters. The number of hydrogen-bond acceptors (Lipinski definition) is 3. The first-order valence-corrected chi connectivity index (χ1v) is 9.45. The van der Waals surface area contributed by atoms with Gasteiger partial charge in [0.2, 0.25) is 5.78 Å². The monoisotopic (exact) mass is 329 g/mol. The number of aromatic nitrogens is 2. The second kappa shape index (κ2) is 6.34. The molecule has 1 aromatic heterocycles. The van der Waals surface area contributed by atoms with Crippen LogP contribution in [0.15, 0.2) is 12.5 Å². The zero-order valence-corrected chi connectivity index (χ0v) is 14.4. The van der Waals surface area contributed by atoms with Crippen LogP contribution in [0.5, 0.6) is 0 Å². The summed E-state index contributed by atoms with van der Waals surface area (Å²) in [5, 5.41) is 0. The molecule has 1 amide bonds. The third-order valence-corrected chi connectivity index (χ3v) is 6.78. The van der Waals surface area contributed by atoms with Crippen molar-refractivity contribution in [2.24, 2.45) is 23.7 Å². The van der Waals surface area contributed by atoms with Crippen LogP contribution in [0, 0.1) is 23.7 Å². The van der Waals surface area contributed by atoms with E-state index < -0.39 is 0 Å². The van der Waals surface area contributed by atoms with Crippen LogP contribution in [0.2, 0.25) is 0 Å². The Hall–Kier alpha value is -1.65. The molecule has 0 radical (unpaired) electrons. The van der Waals surface area contributed by atoms with Gasteiger partial charge in [0.15, 0.2) is 0 Å². The van der Waals surface area contributed by atoms with Crippen LogP contribution in [0.25, 0.3) is 0 Å². The number of Topliss-reactive ketones (excluding diaryl/α,β-unsaturated/α-hetero) is 1. The van der Waals surface area contributed by atoms with Crippen molar-refractivity contribution in [2.45, 2.75) is 51.4 Å². The highest BCUT2D eigenvalue weighted by Crippen LogP contribution is 2.51. The van der Waals surface area contributed by atoms with E-state index in [1.165, 1.54) is 19.3 Å². The lowest BCUT2D eigenvalue weighted by Crippen LogP contribution is -2.44. The fourth-order valence-electron chi connectivity index (χ4n) is 5.32. The molecule has 1 saturated heterocycles. The van der Waals surface area contributed by atoms with Gasteiger partial charge in [0.1, 0.15) is 0 Å². The van der Waals surface area contributed by atoms with E-state index in [4.69, 9.17) is 0 Å². The van der Waals surface area contributed by atoms with Crippen molar-refractivity contribution in [3.63, 3.8) is 0 Å². The lowest BCUT2D eigenvalue weighted by Gasteiger charge is -2.33. The van der Waals surface area contributed by atoms with Crippen molar-refractivity contribution < 1.29 is 9.59 Å². The number of carbonyl (C=O) groups is 2. The predicted molar refractivity (Wildman–Crippen MR) is 90.3 cm³/mol. The van der Waals surface area contributed by atoms with Crippen LogP contribution in [0.4, 0.5) is 0 Å². The normalized spacial score (nSPS) is 31.4. The van der Waals surface area contributed by atoms with E-state index >= 15 is 0 Å². The molecule has 5 heteroatoms. The van der Waals surface area contributed by atoms with E-state index in [-0.39, 0.29) is 17.6 Å². The number of nitrogens with one attached hydrogen (secondary N) is 1. The lowest BCUT2D eigenvalue weighted by atomic mass is 9.78. The molecule has 4 atom stereocenters. The van der Waals surface area contributed by atoms with Gasteiger partial charge in [-0.3, -0.25) is 9.59 Å². The Labute approximate surface area is 143 Å². The summed E-state index contributed by atoms with van der Waals surface area (Å²) < 4.78 is 0. The molecule has 2 aliphatic carbocycles. The number of H-pyrrole nitrogens is 1. The number of ketones is 1. The van der Waals surface area contributed by atoms with E-state index in [1.807, 2.05) is 13.1 Å². The highest BCUT2D eigenvalue weighted by Gasteiger charge is 2.45. The predicted octanol–water partition coefficient (Wildman–Crippen LogP) is 2.76. The Balaban J connectivity index is 1.33. The largest absolute Gasteiger partial charge is 0.351 e. The molecular weight excluding hydrogens is 302 g/mol. The molecular formula is C19H27N3O2. The van der Waals surface area contributed by atoms with Gasteiger partial charge in [-0.2, -0.15) is 0 Å². The lowest BCUT2D eigenvalue weighted by molar-refractivity contribution is -0.148. The van der Waals surface area contributed by atoms with Crippen LogP contribution >= 0.6 is 0 Å². The average Bonchev–Trinajstić information content (AvgIpc) is 3.37. The van der Waals surface area contributed by atoms with Crippen molar-refractivity contribution in [3.05, 3.63) is 18.2 Å². The summed E-state index contributed by atoms with van der Waals surface area (Å²) in [5.41, 5.74) is 1.07. The molecule has 24 heavy (non-hydrogen) atoms. The Bertz CT molecular complexity index is 604. The summed E-state index contributed by atoms with van der Waals surface area (Å²) in [4.78, 5) is 34.4. The molecule has 1 aliphatic heterocycles. The fraction of sp³-hybridized carbons (Fsp3) is 0.737. The quantitative estimate of drug-likeness (QED) is 0.864. The van der Waals surface area contributed by atoms with Gasteiger partial charge in [-0.05, 0) is 49.9 Å². The first kappa shape index (κ1) is 15.9. The Kier molecular flexibility index (Phi) is 4.19. The van der Waals surface area contributed by atoms with Gasteiger partial charge in [0.25, 0.3) is 5.91 Å². The minimum Gasteiger partial charge on any atom is -0.351 e. The fourth-order valence-corrected chi connectivity index (χ4v) is 5.32. The number of hydrogen-bond donors (Lipinski definition) is 1. The minimum atomic E-state index is -0.245. The van der Waals surface area contributed by atoms with E-state index in [0.717, 1.165) is 30.9 Å². The number of nitrogens with zero attached hydrogens (tertiary/aromatic N) is 2. The maximum Gasteiger partial charge on any atom is 0.290 e. The van der Waals surface area contributed by atoms with Crippen molar-refractivity contribution in [3.8, 4) is 0 Å². The summed E-state index contributed by atoms with van der Waals surface area (Å²) >= 11 is 0. The molecule has 1 aromatic rings. The number of carbonyl (C=O) groups excluding carboxylic acids is 2. The van der Waals surface area contributed by atoms with Gasteiger partial charge in [0.05, 0.1) is 12.0 Å². The number of imidazole rings is 1. The molecule has 2 bridgehead atoms. The maximum absolute atomic E-state index is 12.7. The smallest absolute Gasteiger partial charge is 0.290 e. The Morgan fingerprint density at radius 1 is 1.21 bits per heavy atom. The molecule has 3 fully saturated rings. The van der Waals surface area contributed by atoms with Gasteiger partial charge in [-0.1, -0.05) is 13.3 Å². The van der Waals surface area contributed by atoms with Gasteiger partial charge >= 0.3 is 0 Å². The Morgan fingerprint density at radius 2 is 2.00 bits per heavy atom. The standard InChI is InChI=1S/C19H27N3O2/c1-12(16-9-13-2-3-15(16)8-13)18(23)19(24)22-6-4-14(5-7-22)17-10-20-11-21-17/h10-16H,2-9H2,1H3,(H,20,21). The van der Waals surface area contributed by atoms with Crippen LogP contribution in [-0.4, -0.2) is 39.6 Å². The molecule has 3 aliphatic rings. The van der Waals surface area contributed by atoms with E-state index in [0.29, 0.717) is 30.8 Å². The molecule has 2 saturated carbocycles. The highest BCUT2D eigenvalue weighted by molar-refractivity contribution is 6.36.